The lowest BCUT2D eigenvalue weighted by molar-refractivity contribution is 0.344. The molecule has 0 saturated heterocycles. The van der Waals surface area contributed by atoms with Gasteiger partial charge in [-0.05, 0) is 44.9 Å². The van der Waals surface area contributed by atoms with Crippen LogP contribution in [-0.2, 0) is 0 Å². The third-order valence-corrected chi connectivity index (χ3v) is 3.37. The molecule has 0 aliphatic rings. The van der Waals surface area contributed by atoms with Crippen molar-refractivity contribution >= 4 is 0 Å². The molecule has 0 radical (unpaired) electrons. The van der Waals surface area contributed by atoms with Crippen molar-refractivity contribution in [1.29, 1.82) is 0 Å². The molecule has 1 nitrogen and oxygen atoms in total. The Balaban J connectivity index is 3.58. The van der Waals surface area contributed by atoms with E-state index in [0.717, 1.165) is 11.8 Å². The lowest BCUT2D eigenvalue weighted by Crippen LogP contribution is -2.34. The van der Waals surface area contributed by atoms with Crippen LogP contribution in [0.25, 0.3) is 0 Å². The minimum Gasteiger partial charge on any atom is -0.312 e. The molecule has 0 fully saturated rings. The quantitative estimate of drug-likeness (QED) is 0.657. The van der Waals surface area contributed by atoms with E-state index in [-0.39, 0.29) is 0 Å². The van der Waals surface area contributed by atoms with Crippen molar-refractivity contribution < 1.29 is 0 Å². The average molecular weight is 199 g/mol. The normalized spacial score (nSPS) is 18.2. The van der Waals surface area contributed by atoms with Gasteiger partial charge in [0.2, 0.25) is 0 Å². The Bertz CT molecular complexity index is 131. The standard InChI is InChI=1S/C13H29N/c1-7-12(5)14-13(6)9-8-11(4)10(2)3/h10-14H,7-9H2,1-6H3. The van der Waals surface area contributed by atoms with E-state index >= 15 is 0 Å². The second kappa shape index (κ2) is 7.28. The SMILES string of the molecule is CCC(C)NC(C)CCC(C)C(C)C. The molecule has 0 spiro atoms. The first-order valence-corrected chi connectivity index (χ1v) is 6.23. The van der Waals surface area contributed by atoms with E-state index in [4.69, 9.17) is 0 Å². The second-order valence-electron chi connectivity index (χ2n) is 5.18. The molecular formula is C13H29N. The van der Waals surface area contributed by atoms with Crippen LogP contribution in [0.3, 0.4) is 0 Å². The van der Waals surface area contributed by atoms with Gasteiger partial charge in [0.15, 0.2) is 0 Å². The molecule has 0 saturated carbocycles. The van der Waals surface area contributed by atoms with Crippen LogP contribution in [0.1, 0.15) is 60.8 Å². The van der Waals surface area contributed by atoms with Crippen LogP contribution >= 0.6 is 0 Å². The van der Waals surface area contributed by atoms with Crippen LogP contribution in [0.2, 0.25) is 0 Å². The molecule has 0 heterocycles. The lowest BCUT2D eigenvalue weighted by Gasteiger charge is -2.21. The van der Waals surface area contributed by atoms with Gasteiger partial charge in [0, 0.05) is 12.1 Å². The molecule has 3 atom stereocenters. The summed E-state index contributed by atoms with van der Waals surface area (Å²) in [5.41, 5.74) is 0. The summed E-state index contributed by atoms with van der Waals surface area (Å²) in [6, 6.07) is 1.34. The van der Waals surface area contributed by atoms with Crippen molar-refractivity contribution in [1.82, 2.24) is 5.32 Å². The molecule has 0 bridgehead atoms. The highest BCUT2D eigenvalue weighted by molar-refractivity contribution is 4.68. The Morgan fingerprint density at radius 2 is 1.43 bits per heavy atom. The third-order valence-electron chi connectivity index (χ3n) is 3.37. The van der Waals surface area contributed by atoms with Crippen LogP contribution < -0.4 is 5.32 Å². The lowest BCUT2D eigenvalue weighted by atomic mass is 9.92. The van der Waals surface area contributed by atoms with Crippen molar-refractivity contribution in [3.8, 4) is 0 Å². The maximum atomic E-state index is 3.62. The Hall–Kier alpha value is -0.0400. The highest BCUT2D eigenvalue weighted by Crippen LogP contribution is 2.17. The van der Waals surface area contributed by atoms with Gasteiger partial charge in [0.1, 0.15) is 0 Å². The predicted octanol–water partition coefficient (Wildman–Crippen LogP) is 3.84. The summed E-state index contributed by atoms with van der Waals surface area (Å²) in [7, 11) is 0. The van der Waals surface area contributed by atoms with Gasteiger partial charge < -0.3 is 5.32 Å². The molecule has 14 heavy (non-hydrogen) atoms. The van der Waals surface area contributed by atoms with Crippen LogP contribution in [0.15, 0.2) is 0 Å². The Morgan fingerprint density at radius 1 is 0.857 bits per heavy atom. The van der Waals surface area contributed by atoms with E-state index in [0.29, 0.717) is 12.1 Å². The Labute approximate surface area is 90.7 Å². The number of rotatable bonds is 7. The summed E-state index contributed by atoms with van der Waals surface area (Å²) in [5.74, 6) is 1.68. The molecule has 0 aromatic rings. The monoisotopic (exact) mass is 199 g/mol. The molecule has 86 valence electrons. The molecule has 0 aromatic carbocycles. The van der Waals surface area contributed by atoms with Crippen molar-refractivity contribution in [3.63, 3.8) is 0 Å². The van der Waals surface area contributed by atoms with E-state index in [1.54, 1.807) is 0 Å². The Morgan fingerprint density at radius 3 is 1.86 bits per heavy atom. The summed E-state index contributed by atoms with van der Waals surface area (Å²) >= 11 is 0. The van der Waals surface area contributed by atoms with Crippen molar-refractivity contribution in [2.24, 2.45) is 11.8 Å². The molecular weight excluding hydrogens is 170 g/mol. The minimum atomic E-state index is 0.666. The van der Waals surface area contributed by atoms with E-state index in [1.165, 1.54) is 19.3 Å². The number of hydrogen-bond donors (Lipinski definition) is 1. The van der Waals surface area contributed by atoms with E-state index < -0.39 is 0 Å². The first-order valence-electron chi connectivity index (χ1n) is 6.23. The number of nitrogens with one attached hydrogen (secondary N) is 1. The average Bonchev–Trinajstić information content (AvgIpc) is 2.13. The summed E-state index contributed by atoms with van der Waals surface area (Å²) in [6.07, 6.45) is 3.88. The first kappa shape index (κ1) is 14.0. The maximum absolute atomic E-state index is 3.62. The van der Waals surface area contributed by atoms with Gasteiger partial charge in [0.25, 0.3) is 0 Å². The molecule has 1 N–H and O–H groups in total. The predicted molar refractivity (Wildman–Crippen MR) is 65.6 cm³/mol. The fraction of sp³-hybridized carbons (Fsp3) is 1.00. The smallest absolute Gasteiger partial charge is 0.00413 e. The summed E-state index contributed by atoms with van der Waals surface area (Å²) in [4.78, 5) is 0. The topological polar surface area (TPSA) is 12.0 Å². The van der Waals surface area contributed by atoms with Crippen molar-refractivity contribution in [3.05, 3.63) is 0 Å². The van der Waals surface area contributed by atoms with Crippen molar-refractivity contribution in [2.75, 3.05) is 0 Å². The van der Waals surface area contributed by atoms with Gasteiger partial charge in [-0.3, -0.25) is 0 Å². The van der Waals surface area contributed by atoms with E-state index in [2.05, 4.69) is 46.9 Å². The molecule has 0 aliphatic heterocycles. The van der Waals surface area contributed by atoms with Gasteiger partial charge >= 0.3 is 0 Å². The van der Waals surface area contributed by atoms with Gasteiger partial charge in [-0.1, -0.05) is 27.7 Å². The van der Waals surface area contributed by atoms with Gasteiger partial charge in [0.05, 0.1) is 0 Å². The summed E-state index contributed by atoms with van der Waals surface area (Å²) in [6.45, 7) is 13.8. The second-order valence-corrected chi connectivity index (χ2v) is 5.18. The highest BCUT2D eigenvalue weighted by Gasteiger charge is 2.10. The minimum absolute atomic E-state index is 0.666. The van der Waals surface area contributed by atoms with Crippen LogP contribution in [0.4, 0.5) is 0 Å². The zero-order valence-electron chi connectivity index (χ0n) is 10.9. The molecule has 0 amide bonds. The molecule has 0 rings (SSSR count). The van der Waals surface area contributed by atoms with E-state index in [9.17, 15) is 0 Å². The fourth-order valence-electron chi connectivity index (χ4n) is 1.53. The first-order chi connectivity index (χ1) is 6.47. The Kier molecular flexibility index (Phi) is 7.26. The molecule has 3 unspecified atom stereocenters. The molecule has 0 aromatic heterocycles. The van der Waals surface area contributed by atoms with Gasteiger partial charge in [-0.25, -0.2) is 0 Å². The van der Waals surface area contributed by atoms with Gasteiger partial charge in [-0.2, -0.15) is 0 Å². The zero-order chi connectivity index (χ0) is 11.1. The maximum Gasteiger partial charge on any atom is 0.00413 e. The molecule has 0 aliphatic carbocycles. The largest absolute Gasteiger partial charge is 0.312 e. The van der Waals surface area contributed by atoms with Crippen molar-refractivity contribution in [2.45, 2.75) is 72.9 Å². The zero-order valence-corrected chi connectivity index (χ0v) is 10.9. The fourth-order valence-corrected chi connectivity index (χ4v) is 1.53. The molecule has 1 heteroatoms. The van der Waals surface area contributed by atoms with E-state index in [1.807, 2.05) is 0 Å². The summed E-state index contributed by atoms with van der Waals surface area (Å²) < 4.78 is 0. The van der Waals surface area contributed by atoms with Crippen LogP contribution in [-0.4, -0.2) is 12.1 Å². The third kappa shape index (κ3) is 6.42. The van der Waals surface area contributed by atoms with Crippen LogP contribution in [0.5, 0.6) is 0 Å². The highest BCUT2D eigenvalue weighted by atomic mass is 14.9. The van der Waals surface area contributed by atoms with Gasteiger partial charge in [-0.15, -0.1) is 0 Å². The van der Waals surface area contributed by atoms with Crippen LogP contribution in [0, 0.1) is 11.8 Å². The summed E-state index contributed by atoms with van der Waals surface area (Å²) in [5, 5.41) is 3.62. The number of hydrogen-bond acceptors (Lipinski definition) is 1.